The molecule has 1 aromatic carbocycles. The van der Waals surface area contributed by atoms with Gasteiger partial charge >= 0.3 is 11.9 Å². The number of benzene rings is 1. The summed E-state index contributed by atoms with van der Waals surface area (Å²) in [5, 5.41) is 9.44. The molecule has 0 aliphatic heterocycles. The quantitative estimate of drug-likeness (QED) is 0.631. The molecule has 0 heterocycles. The van der Waals surface area contributed by atoms with E-state index in [9.17, 15) is 14.7 Å². The molecular formula is C13H16O5. The van der Waals surface area contributed by atoms with Crippen LogP contribution in [-0.4, -0.2) is 29.3 Å². The molecule has 0 spiro atoms. The average molecular weight is 252 g/mol. The van der Waals surface area contributed by atoms with E-state index >= 15 is 0 Å². The highest BCUT2D eigenvalue weighted by Gasteiger charge is 2.22. The molecule has 5 heteroatoms. The lowest BCUT2D eigenvalue weighted by Gasteiger charge is -2.12. The van der Waals surface area contributed by atoms with Crippen molar-refractivity contribution >= 4 is 11.9 Å². The summed E-state index contributed by atoms with van der Waals surface area (Å²) < 4.78 is 9.70. The standard InChI is InChI=1S/C13H16O5/c1-9(2)17-13(16)11(14)8-12(15)18-10-6-4-3-5-7-10/h3-7,9,11,14H,8H2,1-2H3. The Hall–Kier alpha value is -1.88. The molecule has 0 aliphatic rings. The molecule has 5 nitrogen and oxygen atoms in total. The molecule has 1 unspecified atom stereocenters. The predicted molar refractivity (Wildman–Crippen MR) is 63.9 cm³/mol. The van der Waals surface area contributed by atoms with Crippen LogP contribution >= 0.6 is 0 Å². The maximum atomic E-state index is 11.4. The summed E-state index contributed by atoms with van der Waals surface area (Å²) in [5.41, 5.74) is 0. The summed E-state index contributed by atoms with van der Waals surface area (Å²) in [4.78, 5) is 22.7. The van der Waals surface area contributed by atoms with E-state index in [2.05, 4.69) is 0 Å². The van der Waals surface area contributed by atoms with Gasteiger partial charge in [0.25, 0.3) is 0 Å². The zero-order valence-corrected chi connectivity index (χ0v) is 10.3. The first-order valence-electron chi connectivity index (χ1n) is 5.63. The molecule has 98 valence electrons. The van der Waals surface area contributed by atoms with Crippen molar-refractivity contribution < 1.29 is 24.2 Å². The summed E-state index contributed by atoms with van der Waals surface area (Å²) in [6, 6.07) is 8.43. The average Bonchev–Trinajstić information content (AvgIpc) is 2.29. The summed E-state index contributed by atoms with van der Waals surface area (Å²) >= 11 is 0. The van der Waals surface area contributed by atoms with E-state index in [1.54, 1.807) is 44.2 Å². The van der Waals surface area contributed by atoms with Gasteiger partial charge in [0.15, 0.2) is 6.10 Å². The highest BCUT2D eigenvalue weighted by molar-refractivity contribution is 5.82. The first kappa shape index (κ1) is 14.2. The number of aliphatic hydroxyl groups is 1. The minimum atomic E-state index is -1.50. The Morgan fingerprint density at radius 1 is 1.22 bits per heavy atom. The fourth-order valence-electron chi connectivity index (χ4n) is 1.21. The van der Waals surface area contributed by atoms with E-state index in [0.29, 0.717) is 5.75 Å². The van der Waals surface area contributed by atoms with Crippen LogP contribution in [0.1, 0.15) is 20.3 Å². The van der Waals surface area contributed by atoms with Crippen LogP contribution in [0.25, 0.3) is 0 Å². The van der Waals surface area contributed by atoms with E-state index in [0.717, 1.165) is 0 Å². The van der Waals surface area contributed by atoms with Gasteiger partial charge < -0.3 is 14.6 Å². The lowest BCUT2D eigenvalue weighted by Crippen LogP contribution is -2.29. The fourth-order valence-corrected chi connectivity index (χ4v) is 1.21. The highest BCUT2D eigenvalue weighted by atomic mass is 16.6. The zero-order chi connectivity index (χ0) is 13.5. The van der Waals surface area contributed by atoms with Crippen molar-refractivity contribution in [2.75, 3.05) is 0 Å². The molecule has 1 N–H and O–H groups in total. The first-order chi connectivity index (χ1) is 8.49. The van der Waals surface area contributed by atoms with E-state index < -0.39 is 24.5 Å². The number of aliphatic hydroxyl groups excluding tert-OH is 1. The fraction of sp³-hybridized carbons (Fsp3) is 0.385. The summed E-state index contributed by atoms with van der Waals surface area (Å²) in [6.45, 7) is 3.32. The third-order valence-corrected chi connectivity index (χ3v) is 1.96. The largest absolute Gasteiger partial charge is 0.461 e. The van der Waals surface area contributed by atoms with Crippen LogP contribution in [0, 0.1) is 0 Å². The molecule has 0 saturated carbocycles. The maximum Gasteiger partial charge on any atom is 0.335 e. The van der Waals surface area contributed by atoms with Gasteiger partial charge in [0, 0.05) is 0 Å². The number of hydrogen-bond donors (Lipinski definition) is 1. The van der Waals surface area contributed by atoms with Gasteiger partial charge in [0.2, 0.25) is 0 Å². The lowest BCUT2D eigenvalue weighted by atomic mass is 10.2. The van der Waals surface area contributed by atoms with Crippen molar-refractivity contribution in [2.45, 2.75) is 32.5 Å². The number of ether oxygens (including phenoxy) is 2. The number of carbonyl (C=O) groups excluding carboxylic acids is 2. The van der Waals surface area contributed by atoms with Crippen LogP contribution in [0.2, 0.25) is 0 Å². The normalized spacial score (nSPS) is 12.0. The summed E-state index contributed by atoms with van der Waals surface area (Å²) in [5.74, 6) is -1.14. The highest BCUT2D eigenvalue weighted by Crippen LogP contribution is 2.10. The van der Waals surface area contributed by atoms with E-state index in [4.69, 9.17) is 9.47 Å². The SMILES string of the molecule is CC(C)OC(=O)C(O)CC(=O)Oc1ccccc1. The van der Waals surface area contributed by atoms with Gasteiger partial charge in [0.05, 0.1) is 12.5 Å². The Labute approximate surface area is 105 Å². The molecular weight excluding hydrogens is 236 g/mol. The van der Waals surface area contributed by atoms with E-state index in [-0.39, 0.29) is 6.10 Å². The van der Waals surface area contributed by atoms with Crippen LogP contribution < -0.4 is 4.74 Å². The monoisotopic (exact) mass is 252 g/mol. The van der Waals surface area contributed by atoms with E-state index in [1.165, 1.54) is 0 Å². The van der Waals surface area contributed by atoms with Gasteiger partial charge in [0.1, 0.15) is 5.75 Å². The molecule has 0 amide bonds. The molecule has 1 rings (SSSR count). The van der Waals surface area contributed by atoms with Crippen LogP contribution in [0.3, 0.4) is 0 Å². The molecule has 0 saturated heterocycles. The Balaban J connectivity index is 2.43. The molecule has 0 radical (unpaired) electrons. The van der Waals surface area contributed by atoms with E-state index in [1.807, 2.05) is 0 Å². The van der Waals surface area contributed by atoms with Crippen molar-refractivity contribution in [3.05, 3.63) is 30.3 Å². The van der Waals surface area contributed by atoms with Gasteiger partial charge in [-0.15, -0.1) is 0 Å². The third-order valence-electron chi connectivity index (χ3n) is 1.96. The van der Waals surface area contributed by atoms with Gasteiger partial charge in [-0.1, -0.05) is 18.2 Å². The zero-order valence-electron chi connectivity index (χ0n) is 10.3. The predicted octanol–water partition coefficient (Wildman–Crippen LogP) is 1.29. The minimum absolute atomic E-state index is 0.336. The Bertz CT molecular complexity index is 399. The van der Waals surface area contributed by atoms with Gasteiger partial charge in [-0.2, -0.15) is 0 Å². The second-order valence-corrected chi connectivity index (χ2v) is 3.99. The number of carbonyl (C=O) groups is 2. The van der Waals surface area contributed by atoms with Gasteiger partial charge in [-0.05, 0) is 26.0 Å². The van der Waals surface area contributed by atoms with Crippen LogP contribution in [0.5, 0.6) is 5.75 Å². The Morgan fingerprint density at radius 2 is 1.83 bits per heavy atom. The molecule has 1 atom stereocenters. The third kappa shape index (κ3) is 4.97. The first-order valence-corrected chi connectivity index (χ1v) is 5.63. The molecule has 0 fully saturated rings. The van der Waals surface area contributed by atoms with Crippen molar-refractivity contribution in [3.8, 4) is 5.75 Å². The summed E-state index contributed by atoms with van der Waals surface area (Å²) in [7, 11) is 0. The van der Waals surface area contributed by atoms with Gasteiger partial charge in [-0.3, -0.25) is 4.79 Å². The van der Waals surface area contributed by atoms with Crippen molar-refractivity contribution in [3.63, 3.8) is 0 Å². The summed E-state index contributed by atoms with van der Waals surface area (Å²) in [6.07, 6.45) is -2.26. The second-order valence-electron chi connectivity index (χ2n) is 3.99. The molecule has 0 bridgehead atoms. The number of esters is 2. The molecule has 0 aromatic heterocycles. The van der Waals surface area contributed by atoms with Crippen LogP contribution in [0.4, 0.5) is 0 Å². The van der Waals surface area contributed by atoms with Crippen molar-refractivity contribution in [1.82, 2.24) is 0 Å². The minimum Gasteiger partial charge on any atom is -0.461 e. The second kappa shape index (κ2) is 6.76. The van der Waals surface area contributed by atoms with Crippen LogP contribution in [-0.2, 0) is 14.3 Å². The number of hydrogen-bond acceptors (Lipinski definition) is 5. The Kier molecular flexibility index (Phi) is 5.32. The maximum absolute atomic E-state index is 11.4. The van der Waals surface area contributed by atoms with Gasteiger partial charge in [-0.25, -0.2) is 4.79 Å². The molecule has 18 heavy (non-hydrogen) atoms. The van der Waals surface area contributed by atoms with Crippen molar-refractivity contribution in [2.24, 2.45) is 0 Å². The number of rotatable bonds is 5. The topological polar surface area (TPSA) is 72.8 Å². The van der Waals surface area contributed by atoms with Crippen LogP contribution in [0.15, 0.2) is 30.3 Å². The lowest BCUT2D eigenvalue weighted by molar-refractivity contribution is -0.160. The Morgan fingerprint density at radius 3 is 2.39 bits per heavy atom. The van der Waals surface area contributed by atoms with Crippen molar-refractivity contribution in [1.29, 1.82) is 0 Å². The molecule has 1 aromatic rings. The number of para-hydroxylation sites is 1. The molecule has 0 aliphatic carbocycles. The smallest absolute Gasteiger partial charge is 0.335 e.